The Morgan fingerprint density at radius 1 is 1.35 bits per heavy atom. The summed E-state index contributed by atoms with van der Waals surface area (Å²) in [7, 11) is 0. The minimum absolute atomic E-state index is 0.183. The number of aliphatic carboxylic acids is 1. The van der Waals surface area contributed by atoms with Crippen LogP contribution in [0, 0.1) is 0 Å². The smallest absolute Gasteiger partial charge is 0.343 e. The van der Waals surface area contributed by atoms with Crippen molar-refractivity contribution < 1.29 is 19.5 Å². The first-order valence-corrected chi connectivity index (χ1v) is 5.11. The van der Waals surface area contributed by atoms with Crippen LogP contribution in [0.2, 0.25) is 10.0 Å². The summed E-state index contributed by atoms with van der Waals surface area (Å²) < 4.78 is 0. The standard InChI is InChI=1S/C9H8Cl2N2O4/c10-5-2-1-3-6(8(5)11)12-9(16)13-17-4-7(14)15/h1-3H,4H2,(H,14,15)(H2,12,13,16). The molecule has 0 aliphatic rings. The summed E-state index contributed by atoms with van der Waals surface area (Å²) in [6, 6.07) is 3.94. The van der Waals surface area contributed by atoms with Crippen molar-refractivity contribution in [1.29, 1.82) is 0 Å². The van der Waals surface area contributed by atoms with E-state index >= 15 is 0 Å². The molecule has 0 fully saturated rings. The van der Waals surface area contributed by atoms with Crippen molar-refractivity contribution in [2.75, 3.05) is 11.9 Å². The van der Waals surface area contributed by atoms with Gasteiger partial charge in [0, 0.05) is 0 Å². The second-order valence-corrected chi connectivity index (χ2v) is 3.63. The molecule has 0 saturated heterocycles. The van der Waals surface area contributed by atoms with E-state index in [1.807, 2.05) is 5.48 Å². The molecule has 0 unspecified atom stereocenters. The highest BCUT2D eigenvalue weighted by Crippen LogP contribution is 2.29. The van der Waals surface area contributed by atoms with Gasteiger partial charge >= 0.3 is 12.0 Å². The molecule has 8 heteroatoms. The first-order valence-electron chi connectivity index (χ1n) is 4.35. The molecule has 92 valence electrons. The van der Waals surface area contributed by atoms with Gasteiger partial charge in [0.1, 0.15) is 0 Å². The third-order valence-corrected chi connectivity index (χ3v) is 2.38. The topological polar surface area (TPSA) is 87.7 Å². The minimum Gasteiger partial charge on any atom is -0.479 e. The number of carbonyl (C=O) groups excluding carboxylic acids is 1. The summed E-state index contributed by atoms with van der Waals surface area (Å²) in [6.07, 6.45) is 0. The Balaban J connectivity index is 2.51. The number of hydrogen-bond donors (Lipinski definition) is 3. The van der Waals surface area contributed by atoms with E-state index in [2.05, 4.69) is 10.2 Å². The number of anilines is 1. The SMILES string of the molecule is O=C(O)CONC(=O)Nc1cccc(Cl)c1Cl. The lowest BCUT2D eigenvalue weighted by molar-refractivity contribution is -0.143. The number of urea groups is 1. The molecule has 0 bridgehead atoms. The second kappa shape index (κ2) is 6.29. The second-order valence-electron chi connectivity index (χ2n) is 2.84. The summed E-state index contributed by atoms with van der Waals surface area (Å²) in [5, 5.41) is 11.1. The molecule has 6 nitrogen and oxygen atoms in total. The Morgan fingerprint density at radius 2 is 2.06 bits per heavy atom. The van der Waals surface area contributed by atoms with Crippen LogP contribution < -0.4 is 10.8 Å². The zero-order chi connectivity index (χ0) is 12.8. The van der Waals surface area contributed by atoms with Crippen LogP contribution in [0.25, 0.3) is 0 Å². The number of amides is 2. The van der Waals surface area contributed by atoms with Gasteiger partial charge in [-0.25, -0.2) is 15.1 Å². The quantitative estimate of drug-likeness (QED) is 0.737. The number of carbonyl (C=O) groups is 2. The van der Waals surface area contributed by atoms with E-state index in [1.54, 1.807) is 12.1 Å². The molecule has 2 amide bonds. The van der Waals surface area contributed by atoms with Crippen molar-refractivity contribution in [3.05, 3.63) is 28.2 Å². The molecule has 0 saturated carbocycles. The Morgan fingerprint density at radius 3 is 2.71 bits per heavy atom. The van der Waals surface area contributed by atoms with Gasteiger partial charge in [-0.15, -0.1) is 0 Å². The first kappa shape index (κ1) is 13.6. The molecule has 0 radical (unpaired) electrons. The van der Waals surface area contributed by atoms with Crippen molar-refractivity contribution in [3.8, 4) is 0 Å². The summed E-state index contributed by atoms with van der Waals surface area (Å²) in [5.41, 5.74) is 2.16. The normalized spacial score (nSPS) is 9.76. The van der Waals surface area contributed by atoms with Gasteiger partial charge in [-0.3, -0.25) is 4.84 Å². The van der Waals surface area contributed by atoms with Gasteiger partial charge < -0.3 is 10.4 Å². The van der Waals surface area contributed by atoms with Gasteiger partial charge in [-0.05, 0) is 12.1 Å². The minimum atomic E-state index is -1.20. The number of nitrogens with one attached hydrogen (secondary N) is 2. The Labute approximate surface area is 106 Å². The maximum atomic E-state index is 11.2. The molecule has 1 rings (SSSR count). The van der Waals surface area contributed by atoms with Crippen LogP contribution in [0.15, 0.2) is 18.2 Å². The van der Waals surface area contributed by atoms with Gasteiger partial charge in [0.05, 0.1) is 15.7 Å². The van der Waals surface area contributed by atoms with Gasteiger partial charge in [-0.2, -0.15) is 0 Å². The summed E-state index contributed by atoms with van der Waals surface area (Å²) >= 11 is 11.5. The number of benzene rings is 1. The number of hydrogen-bond acceptors (Lipinski definition) is 3. The van der Waals surface area contributed by atoms with E-state index in [0.29, 0.717) is 0 Å². The van der Waals surface area contributed by atoms with Crippen LogP contribution >= 0.6 is 23.2 Å². The van der Waals surface area contributed by atoms with E-state index in [4.69, 9.17) is 28.3 Å². The van der Waals surface area contributed by atoms with Crippen molar-refractivity contribution in [3.63, 3.8) is 0 Å². The third-order valence-electron chi connectivity index (χ3n) is 1.56. The largest absolute Gasteiger partial charge is 0.479 e. The number of hydroxylamine groups is 1. The van der Waals surface area contributed by atoms with Crippen molar-refractivity contribution in [1.82, 2.24) is 5.48 Å². The van der Waals surface area contributed by atoms with Crippen LogP contribution in [-0.2, 0) is 9.63 Å². The van der Waals surface area contributed by atoms with Crippen molar-refractivity contribution in [2.45, 2.75) is 0 Å². The lowest BCUT2D eigenvalue weighted by atomic mass is 10.3. The number of carboxylic acids is 1. The van der Waals surface area contributed by atoms with E-state index in [9.17, 15) is 9.59 Å². The van der Waals surface area contributed by atoms with Gasteiger partial charge in [0.15, 0.2) is 6.61 Å². The molecular formula is C9H8Cl2N2O4. The molecule has 0 aromatic heterocycles. The zero-order valence-corrected chi connectivity index (χ0v) is 9.88. The molecule has 0 spiro atoms. The molecule has 0 aliphatic carbocycles. The molecule has 0 aliphatic heterocycles. The molecule has 17 heavy (non-hydrogen) atoms. The third kappa shape index (κ3) is 4.48. The maximum Gasteiger partial charge on any atom is 0.343 e. The average Bonchev–Trinajstić information content (AvgIpc) is 2.24. The lowest BCUT2D eigenvalue weighted by Crippen LogP contribution is -2.30. The fraction of sp³-hybridized carbons (Fsp3) is 0.111. The molecule has 0 atom stereocenters. The highest BCUT2D eigenvalue weighted by atomic mass is 35.5. The predicted molar refractivity (Wildman–Crippen MR) is 62.2 cm³/mol. The molecule has 1 aromatic rings. The Hall–Kier alpha value is -1.50. The van der Waals surface area contributed by atoms with Crippen LogP contribution in [0.4, 0.5) is 10.5 Å². The average molecular weight is 279 g/mol. The van der Waals surface area contributed by atoms with E-state index < -0.39 is 18.6 Å². The number of halogens is 2. The molecule has 0 heterocycles. The van der Waals surface area contributed by atoms with Gasteiger partial charge in [0.25, 0.3) is 0 Å². The molecule has 3 N–H and O–H groups in total. The molecular weight excluding hydrogens is 271 g/mol. The van der Waals surface area contributed by atoms with Crippen LogP contribution in [0.1, 0.15) is 0 Å². The van der Waals surface area contributed by atoms with Gasteiger partial charge in [0.2, 0.25) is 0 Å². The summed E-state index contributed by atoms with van der Waals surface area (Å²) in [4.78, 5) is 25.7. The van der Waals surface area contributed by atoms with Crippen molar-refractivity contribution >= 4 is 40.9 Å². The summed E-state index contributed by atoms with van der Waals surface area (Å²) in [6.45, 7) is -0.642. The fourth-order valence-electron chi connectivity index (χ4n) is 0.912. The fourth-order valence-corrected chi connectivity index (χ4v) is 1.26. The van der Waals surface area contributed by atoms with Crippen molar-refractivity contribution in [2.24, 2.45) is 0 Å². The van der Waals surface area contributed by atoms with Crippen LogP contribution in [0.5, 0.6) is 0 Å². The monoisotopic (exact) mass is 278 g/mol. The molecule has 1 aromatic carbocycles. The van der Waals surface area contributed by atoms with E-state index in [-0.39, 0.29) is 15.7 Å². The highest BCUT2D eigenvalue weighted by molar-refractivity contribution is 6.43. The van der Waals surface area contributed by atoms with Gasteiger partial charge in [-0.1, -0.05) is 29.3 Å². The number of rotatable bonds is 4. The Bertz CT molecular complexity index is 439. The lowest BCUT2D eigenvalue weighted by Gasteiger charge is -2.08. The van der Waals surface area contributed by atoms with Crippen LogP contribution in [-0.4, -0.2) is 23.7 Å². The highest BCUT2D eigenvalue weighted by Gasteiger charge is 2.08. The predicted octanol–water partition coefficient (Wildman–Crippen LogP) is 2.13. The summed E-state index contributed by atoms with van der Waals surface area (Å²) in [5.74, 6) is -1.20. The van der Waals surface area contributed by atoms with E-state index in [1.165, 1.54) is 6.07 Å². The first-order chi connectivity index (χ1) is 8.00. The maximum absolute atomic E-state index is 11.2. The van der Waals surface area contributed by atoms with Crippen LogP contribution in [0.3, 0.4) is 0 Å². The van der Waals surface area contributed by atoms with E-state index in [0.717, 1.165) is 0 Å². The zero-order valence-electron chi connectivity index (χ0n) is 8.37. The Kier molecular flexibility index (Phi) is 5.02. The number of carboxylic acid groups (broad SMARTS) is 1.